The number of nitrogens with zero attached hydrogens (tertiary/aromatic N) is 3. The maximum absolute atomic E-state index is 12.5. The maximum atomic E-state index is 12.5. The van der Waals surface area contributed by atoms with E-state index in [0.29, 0.717) is 11.5 Å². The Morgan fingerprint density at radius 3 is 2.35 bits per heavy atom. The van der Waals surface area contributed by atoms with Gasteiger partial charge in [-0.25, -0.2) is 14.8 Å². The van der Waals surface area contributed by atoms with E-state index in [1.165, 1.54) is 6.20 Å². The van der Waals surface area contributed by atoms with Gasteiger partial charge >= 0.3 is 12.0 Å². The fraction of sp³-hybridized carbons (Fsp3) is 0.125. The quantitative estimate of drug-likeness (QED) is 0.217. The minimum Gasteiger partial charge on any atom is -0.462 e. The number of nitrogen functional groups attached to an aromatic ring is 1. The number of amides is 1. The van der Waals surface area contributed by atoms with Crippen molar-refractivity contribution in [3.8, 4) is 22.6 Å². The van der Waals surface area contributed by atoms with E-state index in [9.17, 15) is 9.59 Å². The first kappa shape index (κ1) is 23.0. The Kier molecular flexibility index (Phi) is 7.19. The largest absolute Gasteiger partial charge is 0.462 e. The van der Waals surface area contributed by atoms with Crippen LogP contribution in [-0.4, -0.2) is 39.2 Å². The van der Waals surface area contributed by atoms with Gasteiger partial charge in [0.15, 0.2) is 10.9 Å². The second-order valence-electron chi connectivity index (χ2n) is 6.94. The fourth-order valence-electron chi connectivity index (χ4n) is 3.05. The van der Waals surface area contributed by atoms with Gasteiger partial charge in [-0.2, -0.15) is 4.98 Å². The number of thioether (sulfide) groups is 1. The molecule has 0 unspecified atom stereocenters. The highest BCUT2D eigenvalue weighted by Gasteiger charge is 2.19. The maximum Gasteiger partial charge on any atom is 0.343 e. The molecule has 172 valence electrons. The molecule has 0 saturated heterocycles. The van der Waals surface area contributed by atoms with Gasteiger partial charge in [0.2, 0.25) is 5.91 Å². The van der Waals surface area contributed by atoms with Crippen LogP contribution in [0.25, 0.3) is 22.6 Å². The molecule has 0 spiro atoms. The number of oxazole rings is 1. The van der Waals surface area contributed by atoms with Crippen molar-refractivity contribution in [1.29, 1.82) is 0 Å². The van der Waals surface area contributed by atoms with Crippen molar-refractivity contribution in [3.63, 3.8) is 0 Å². The van der Waals surface area contributed by atoms with Gasteiger partial charge in [0.25, 0.3) is 0 Å². The number of nitrogens with two attached hydrogens (primary N) is 1. The predicted molar refractivity (Wildman–Crippen MR) is 129 cm³/mol. The summed E-state index contributed by atoms with van der Waals surface area (Å²) in [4.78, 5) is 37.0. The van der Waals surface area contributed by atoms with E-state index in [1.807, 2.05) is 60.7 Å². The summed E-state index contributed by atoms with van der Waals surface area (Å²) < 4.78 is 10.8. The Labute approximate surface area is 199 Å². The van der Waals surface area contributed by atoms with Crippen molar-refractivity contribution >= 4 is 35.5 Å². The zero-order valence-electron chi connectivity index (χ0n) is 18.2. The Balaban J connectivity index is 1.47. The first-order chi connectivity index (χ1) is 16.5. The van der Waals surface area contributed by atoms with E-state index in [2.05, 4.69) is 20.3 Å². The monoisotopic (exact) mass is 475 g/mol. The van der Waals surface area contributed by atoms with Crippen LogP contribution >= 0.6 is 11.8 Å². The van der Waals surface area contributed by atoms with Crippen molar-refractivity contribution in [2.45, 2.75) is 12.1 Å². The molecule has 2 heterocycles. The van der Waals surface area contributed by atoms with Crippen molar-refractivity contribution in [2.75, 3.05) is 23.4 Å². The van der Waals surface area contributed by atoms with Crippen molar-refractivity contribution in [3.05, 3.63) is 72.4 Å². The smallest absolute Gasteiger partial charge is 0.343 e. The number of benzene rings is 2. The summed E-state index contributed by atoms with van der Waals surface area (Å²) in [5.74, 6) is -0.421. The minimum absolute atomic E-state index is 0.0101. The van der Waals surface area contributed by atoms with Crippen LogP contribution in [0, 0.1) is 0 Å². The summed E-state index contributed by atoms with van der Waals surface area (Å²) in [6.45, 7) is 1.91. The van der Waals surface area contributed by atoms with Crippen molar-refractivity contribution < 1.29 is 18.7 Å². The lowest BCUT2D eigenvalue weighted by Gasteiger charge is -2.05. The number of esters is 1. The van der Waals surface area contributed by atoms with E-state index in [0.717, 1.165) is 22.9 Å². The molecule has 0 aliphatic carbocycles. The summed E-state index contributed by atoms with van der Waals surface area (Å²) in [5, 5.41) is 2.93. The van der Waals surface area contributed by atoms with Gasteiger partial charge in [0, 0.05) is 17.3 Å². The first-order valence-corrected chi connectivity index (χ1v) is 11.4. The van der Waals surface area contributed by atoms with E-state index in [4.69, 9.17) is 14.9 Å². The Morgan fingerprint density at radius 2 is 1.71 bits per heavy atom. The van der Waals surface area contributed by atoms with Crippen LogP contribution in [0.15, 0.2) is 76.4 Å². The molecule has 2 aromatic carbocycles. The zero-order chi connectivity index (χ0) is 23.9. The van der Waals surface area contributed by atoms with Crippen LogP contribution in [-0.2, 0) is 9.53 Å². The Bertz CT molecular complexity index is 1240. The molecule has 4 aromatic rings. The van der Waals surface area contributed by atoms with Gasteiger partial charge in [-0.05, 0) is 6.92 Å². The number of carbonyl (C=O) groups is 2. The molecular weight excluding hydrogens is 454 g/mol. The number of nitrogens with one attached hydrogen (secondary N) is 1. The molecule has 4 rings (SSSR count). The number of aromatic nitrogens is 3. The topological polar surface area (TPSA) is 133 Å². The molecule has 0 saturated carbocycles. The zero-order valence-corrected chi connectivity index (χ0v) is 19.0. The first-order valence-electron chi connectivity index (χ1n) is 10.4. The third-order valence-electron chi connectivity index (χ3n) is 4.58. The van der Waals surface area contributed by atoms with Crippen LogP contribution in [0.1, 0.15) is 17.3 Å². The lowest BCUT2D eigenvalue weighted by molar-refractivity contribution is -0.113. The second kappa shape index (κ2) is 10.6. The average Bonchev–Trinajstić information content (AvgIpc) is 3.28. The Morgan fingerprint density at radius 1 is 1.03 bits per heavy atom. The standard InChI is InChI=1S/C24H21N5O4S/c1-2-32-22(31)17-13-26-24(29-21(17)25)34-14-18(30)27-23-28-19(15-9-5-3-6-10-15)20(33-23)16-11-7-4-8-12-16/h3-13H,2,14H2,1H3,(H2,25,26,29)(H,27,28,30). The molecule has 0 aliphatic rings. The molecule has 3 N–H and O–H groups in total. The van der Waals surface area contributed by atoms with E-state index in [-0.39, 0.29) is 40.8 Å². The van der Waals surface area contributed by atoms with Crippen molar-refractivity contribution in [2.24, 2.45) is 0 Å². The third-order valence-corrected chi connectivity index (χ3v) is 5.44. The van der Waals surface area contributed by atoms with E-state index in [1.54, 1.807) is 6.92 Å². The third kappa shape index (κ3) is 5.41. The van der Waals surface area contributed by atoms with Gasteiger partial charge in [-0.3, -0.25) is 10.1 Å². The average molecular weight is 476 g/mol. The molecule has 1 amide bonds. The SMILES string of the molecule is CCOC(=O)c1cnc(SCC(=O)Nc2nc(-c3ccccc3)c(-c3ccccc3)o2)nc1N. The molecule has 2 aromatic heterocycles. The molecule has 9 nitrogen and oxygen atoms in total. The number of hydrogen-bond donors (Lipinski definition) is 2. The fourth-order valence-corrected chi connectivity index (χ4v) is 3.67. The highest BCUT2D eigenvalue weighted by atomic mass is 32.2. The van der Waals surface area contributed by atoms with Crippen molar-refractivity contribution in [1.82, 2.24) is 15.0 Å². The van der Waals surface area contributed by atoms with Crippen LogP contribution < -0.4 is 11.1 Å². The summed E-state index contributed by atoms with van der Waals surface area (Å²) >= 11 is 1.06. The molecular formula is C24H21N5O4S. The lowest BCUT2D eigenvalue weighted by Crippen LogP contribution is -2.15. The second-order valence-corrected chi connectivity index (χ2v) is 7.88. The number of ether oxygens (including phenoxy) is 1. The summed E-state index contributed by atoms with van der Waals surface area (Å²) in [7, 11) is 0. The number of rotatable bonds is 8. The predicted octanol–water partition coefficient (Wildman–Crippen LogP) is 4.29. The van der Waals surface area contributed by atoms with Gasteiger partial charge in [-0.1, -0.05) is 72.4 Å². The molecule has 0 aliphatic heterocycles. The van der Waals surface area contributed by atoms with E-state index >= 15 is 0 Å². The number of carbonyl (C=O) groups excluding carboxylic acids is 2. The van der Waals surface area contributed by atoms with Crippen LogP contribution in [0.3, 0.4) is 0 Å². The molecule has 34 heavy (non-hydrogen) atoms. The highest BCUT2D eigenvalue weighted by Crippen LogP contribution is 2.34. The summed E-state index contributed by atoms with van der Waals surface area (Å²) in [6, 6.07) is 19.2. The number of anilines is 2. The molecule has 0 fully saturated rings. The minimum atomic E-state index is -0.596. The van der Waals surface area contributed by atoms with Gasteiger partial charge in [0.1, 0.15) is 17.1 Å². The molecule has 0 atom stereocenters. The van der Waals surface area contributed by atoms with Gasteiger partial charge in [-0.15, -0.1) is 0 Å². The highest BCUT2D eigenvalue weighted by molar-refractivity contribution is 7.99. The summed E-state index contributed by atoms with van der Waals surface area (Å²) in [6.07, 6.45) is 1.28. The molecule has 10 heteroatoms. The lowest BCUT2D eigenvalue weighted by atomic mass is 10.1. The van der Waals surface area contributed by atoms with Gasteiger partial charge in [0.05, 0.1) is 12.4 Å². The van der Waals surface area contributed by atoms with Gasteiger partial charge < -0.3 is 14.9 Å². The molecule has 0 bridgehead atoms. The number of hydrogen-bond acceptors (Lipinski definition) is 9. The van der Waals surface area contributed by atoms with E-state index < -0.39 is 5.97 Å². The Hall–Kier alpha value is -4.18. The normalized spacial score (nSPS) is 10.6. The van der Waals surface area contributed by atoms with Crippen LogP contribution in [0.5, 0.6) is 0 Å². The van der Waals surface area contributed by atoms with Crippen LogP contribution in [0.2, 0.25) is 0 Å². The summed E-state index contributed by atoms with van der Waals surface area (Å²) in [5.41, 5.74) is 8.24. The molecule has 0 radical (unpaired) electrons. The van der Waals surface area contributed by atoms with Crippen LogP contribution in [0.4, 0.5) is 11.8 Å².